The summed E-state index contributed by atoms with van der Waals surface area (Å²) in [6, 6.07) is 2.23. The highest BCUT2D eigenvalue weighted by Gasteiger charge is 2.81. The molecule has 0 N–H and O–H groups in total. The Kier molecular flexibility index (Phi) is 8.05. The molecule has 1 aromatic rings. The Morgan fingerprint density at radius 1 is 1.03 bits per heavy atom. The second kappa shape index (κ2) is 9.21. The first-order valence-corrected chi connectivity index (χ1v) is 11.6. The quantitative estimate of drug-likeness (QED) is 0.141. The molecule has 0 aliphatic rings. The number of Topliss-reactive ketones (excluding diaryl/α,β-unsaturated/α-hetero) is 2. The third-order valence-corrected chi connectivity index (χ3v) is 6.72. The van der Waals surface area contributed by atoms with Crippen molar-refractivity contribution in [2.24, 2.45) is 5.92 Å². The molecule has 1 atom stereocenters. The Bertz CT molecular complexity index is 1150. The maximum absolute atomic E-state index is 13.8. The van der Waals surface area contributed by atoms with Gasteiger partial charge in [0.1, 0.15) is 11.5 Å². The van der Waals surface area contributed by atoms with Crippen molar-refractivity contribution in [1.29, 1.82) is 0 Å². The predicted octanol–water partition coefficient (Wildman–Crippen LogP) is 3.26. The number of benzene rings is 1. The summed E-state index contributed by atoms with van der Waals surface area (Å²) in [6.07, 6.45) is -0.0999. The van der Waals surface area contributed by atoms with Crippen molar-refractivity contribution in [3.63, 3.8) is 0 Å². The van der Waals surface area contributed by atoms with Crippen molar-refractivity contribution in [1.82, 2.24) is 0 Å². The number of carbonyl (C=O) groups is 2. The average molecular weight is 527 g/mol. The van der Waals surface area contributed by atoms with Gasteiger partial charge in [-0.3, -0.25) is 9.59 Å². The van der Waals surface area contributed by atoms with Crippen molar-refractivity contribution < 1.29 is 61.5 Å². The predicted molar refractivity (Wildman–Crippen MR) is 98.7 cm³/mol. The summed E-state index contributed by atoms with van der Waals surface area (Å²) in [5.41, 5.74) is -0.613. The number of halogens is 6. The second-order valence-electron chi connectivity index (χ2n) is 6.96. The van der Waals surface area contributed by atoms with E-state index in [4.69, 9.17) is 0 Å². The molecule has 188 valence electrons. The number of alkyl halides is 6. The average Bonchev–Trinajstić information content (AvgIpc) is 2.67. The molecule has 0 aromatic heterocycles. The standard InChI is InChI=1S/C17H18F6O8S2/c1-4-9(2)12(24)8-13(25)11-5-6-14(10(3)7-11)31-33(29,30)17(22,23)15(18,19)16(20,21)32(26,27)28/h5-7,9H,4,8H2,1-3H3,(H,26,27,28)/p-1. The van der Waals surface area contributed by atoms with E-state index < -0.39 is 71.9 Å². The molecule has 8 nitrogen and oxygen atoms in total. The summed E-state index contributed by atoms with van der Waals surface area (Å²) in [6.45, 7) is 4.25. The molecule has 0 saturated carbocycles. The fourth-order valence-corrected chi connectivity index (χ4v) is 3.71. The normalized spacial score (nSPS) is 14.6. The van der Waals surface area contributed by atoms with Gasteiger partial charge >= 0.3 is 26.5 Å². The number of hydrogen-bond acceptors (Lipinski definition) is 8. The molecule has 0 fully saturated rings. The Morgan fingerprint density at radius 2 is 1.55 bits per heavy atom. The minimum absolute atomic E-state index is 0.199. The topological polar surface area (TPSA) is 135 Å². The van der Waals surface area contributed by atoms with E-state index in [0.29, 0.717) is 12.5 Å². The Labute approximate surface area is 184 Å². The van der Waals surface area contributed by atoms with E-state index in [2.05, 4.69) is 4.18 Å². The molecule has 1 aromatic carbocycles. The van der Waals surface area contributed by atoms with Crippen LogP contribution in [0.2, 0.25) is 0 Å². The van der Waals surface area contributed by atoms with Gasteiger partial charge in [0.25, 0.3) is 0 Å². The van der Waals surface area contributed by atoms with Gasteiger partial charge in [0.05, 0.1) is 6.42 Å². The highest BCUT2D eigenvalue weighted by atomic mass is 32.2. The maximum atomic E-state index is 13.8. The van der Waals surface area contributed by atoms with Crippen LogP contribution in [0.25, 0.3) is 0 Å². The fraction of sp³-hybridized carbons (Fsp3) is 0.529. The highest BCUT2D eigenvalue weighted by molar-refractivity contribution is 7.88. The molecule has 0 spiro atoms. The van der Waals surface area contributed by atoms with Gasteiger partial charge in [-0.1, -0.05) is 13.8 Å². The first-order valence-electron chi connectivity index (χ1n) is 8.83. The first kappa shape index (κ1) is 28.8. The Morgan fingerprint density at radius 3 is 1.97 bits per heavy atom. The van der Waals surface area contributed by atoms with E-state index in [0.717, 1.165) is 19.1 Å². The van der Waals surface area contributed by atoms with Crippen LogP contribution in [0.15, 0.2) is 18.2 Å². The van der Waals surface area contributed by atoms with E-state index >= 15 is 0 Å². The zero-order valence-electron chi connectivity index (χ0n) is 17.1. The lowest BCUT2D eigenvalue weighted by Gasteiger charge is -2.32. The van der Waals surface area contributed by atoms with Crippen LogP contribution < -0.4 is 4.18 Å². The van der Waals surface area contributed by atoms with Gasteiger partial charge in [-0.05, 0) is 37.1 Å². The molecule has 0 saturated heterocycles. The largest absolute Gasteiger partial charge is 0.743 e. The van der Waals surface area contributed by atoms with Gasteiger partial charge in [0, 0.05) is 11.5 Å². The van der Waals surface area contributed by atoms with Crippen molar-refractivity contribution in [2.75, 3.05) is 0 Å². The summed E-state index contributed by atoms with van der Waals surface area (Å²) in [5.74, 6) is -9.90. The number of hydrogen-bond donors (Lipinski definition) is 0. The molecule has 0 bridgehead atoms. The number of carbonyl (C=O) groups excluding carboxylic acids is 2. The maximum Gasteiger partial charge on any atom is 0.450 e. The van der Waals surface area contributed by atoms with E-state index in [1.165, 1.54) is 0 Å². The van der Waals surface area contributed by atoms with Gasteiger partial charge in [0.2, 0.25) is 0 Å². The number of aryl methyl sites for hydroxylation is 1. The molecule has 1 unspecified atom stereocenters. The minimum Gasteiger partial charge on any atom is -0.743 e. The summed E-state index contributed by atoms with van der Waals surface area (Å²) < 4.78 is 139. The molecule has 33 heavy (non-hydrogen) atoms. The fourth-order valence-electron chi connectivity index (χ4n) is 2.23. The van der Waals surface area contributed by atoms with Crippen molar-refractivity contribution in [3.05, 3.63) is 29.3 Å². The third kappa shape index (κ3) is 5.32. The lowest BCUT2D eigenvalue weighted by atomic mass is 9.96. The molecule has 0 aliphatic heterocycles. The van der Waals surface area contributed by atoms with Crippen LogP contribution >= 0.6 is 0 Å². The molecular formula is C17H17F6O8S2-. The monoisotopic (exact) mass is 527 g/mol. The molecule has 0 radical (unpaired) electrons. The molecule has 0 heterocycles. The summed E-state index contributed by atoms with van der Waals surface area (Å²) in [7, 11) is -14.4. The van der Waals surface area contributed by atoms with Crippen molar-refractivity contribution >= 4 is 31.8 Å². The Balaban J connectivity index is 3.28. The summed E-state index contributed by atoms with van der Waals surface area (Å²) in [4.78, 5) is 24.0. The second-order valence-corrected chi connectivity index (χ2v) is 9.96. The third-order valence-electron chi connectivity index (χ3n) is 4.55. The van der Waals surface area contributed by atoms with E-state index in [-0.39, 0.29) is 5.56 Å². The van der Waals surface area contributed by atoms with Crippen LogP contribution in [0.3, 0.4) is 0 Å². The van der Waals surface area contributed by atoms with E-state index in [1.54, 1.807) is 13.8 Å². The lowest BCUT2D eigenvalue weighted by molar-refractivity contribution is -0.247. The highest BCUT2D eigenvalue weighted by Crippen LogP contribution is 2.51. The molecule has 0 aliphatic carbocycles. The van der Waals surface area contributed by atoms with Gasteiger partial charge in [0.15, 0.2) is 15.9 Å². The van der Waals surface area contributed by atoms with Crippen LogP contribution in [0, 0.1) is 12.8 Å². The molecular weight excluding hydrogens is 510 g/mol. The van der Waals surface area contributed by atoms with Crippen LogP contribution in [0.5, 0.6) is 5.75 Å². The summed E-state index contributed by atoms with van der Waals surface area (Å²) in [5, 5.41) is -13.9. The van der Waals surface area contributed by atoms with E-state index in [1.807, 2.05) is 0 Å². The first-order chi connectivity index (χ1) is 14.6. The minimum atomic E-state index is -7.42. The van der Waals surface area contributed by atoms with Gasteiger partial charge < -0.3 is 8.74 Å². The van der Waals surface area contributed by atoms with Gasteiger partial charge in [-0.2, -0.15) is 34.8 Å². The lowest BCUT2D eigenvalue weighted by Crippen LogP contribution is -2.61. The van der Waals surface area contributed by atoms with Crippen LogP contribution in [-0.2, 0) is 25.0 Å². The van der Waals surface area contributed by atoms with E-state index in [9.17, 15) is 57.3 Å². The summed E-state index contributed by atoms with van der Waals surface area (Å²) >= 11 is 0. The van der Waals surface area contributed by atoms with Crippen molar-refractivity contribution in [3.8, 4) is 5.75 Å². The molecule has 1 rings (SSSR count). The zero-order chi connectivity index (χ0) is 26.2. The Hall–Kier alpha value is -2.20. The zero-order valence-corrected chi connectivity index (χ0v) is 18.7. The SMILES string of the molecule is CCC(C)C(=O)CC(=O)c1ccc(OS(=O)(=O)C(F)(F)C(F)(F)C(F)(F)S(=O)(=O)[O-])c(C)c1. The smallest absolute Gasteiger partial charge is 0.450 e. The number of ketones is 2. The van der Waals surface area contributed by atoms with Crippen LogP contribution in [-0.4, -0.2) is 49.4 Å². The van der Waals surface area contributed by atoms with Gasteiger partial charge in [-0.15, -0.1) is 0 Å². The molecule has 0 amide bonds. The van der Waals surface area contributed by atoms with Crippen LogP contribution in [0.1, 0.15) is 42.6 Å². The molecule has 16 heteroatoms. The number of rotatable bonds is 11. The van der Waals surface area contributed by atoms with Crippen molar-refractivity contribution in [2.45, 2.75) is 50.0 Å². The van der Waals surface area contributed by atoms with Crippen LogP contribution in [0.4, 0.5) is 26.3 Å². The van der Waals surface area contributed by atoms with Gasteiger partial charge in [-0.25, -0.2) is 8.42 Å².